The summed E-state index contributed by atoms with van der Waals surface area (Å²) in [7, 11) is -4.17. The third kappa shape index (κ3) is 2.68. The van der Waals surface area contributed by atoms with E-state index in [1.165, 1.54) is 12.3 Å². The molecular formula is C11H12N4O4S. The Morgan fingerprint density at radius 1 is 1.45 bits per heavy atom. The highest BCUT2D eigenvalue weighted by Gasteiger charge is 2.27. The molecule has 0 unspecified atom stereocenters. The molecule has 0 spiro atoms. The van der Waals surface area contributed by atoms with E-state index in [0.717, 1.165) is 10.9 Å². The molecule has 0 aromatic carbocycles. The van der Waals surface area contributed by atoms with Crippen LogP contribution in [0.5, 0.6) is 0 Å². The Labute approximate surface area is 115 Å². The lowest BCUT2D eigenvalue weighted by atomic mass is 10.4. The summed E-state index contributed by atoms with van der Waals surface area (Å²) in [5, 5.41) is 8.55. The number of carbonyl (C=O) groups is 1. The summed E-state index contributed by atoms with van der Waals surface area (Å²) in [4.78, 5) is 15.7. The third-order valence-electron chi connectivity index (χ3n) is 2.36. The molecule has 0 radical (unpaired) electrons. The third-order valence-corrected chi connectivity index (χ3v) is 3.29. The van der Waals surface area contributed by atoms with Gasteiger partial charge in [-0.05, 0) is 19.1 Å². The first-order valence-corrected chi connectivity index (χ1v) is 7.19. The molecule has 106 valence electrons. The average molecular weight is 296 g/mol. The molecule has 0 amide bonds. The first-order valence-electron chi connectivity index (χ1n) is 5.64. The van der Waals surface area contributed by atoms with Crippen molar-refractivity contribution in [3.05, 3.63) is 36.2 Å². The quantitative estimate of drug-likeness (QED) is 0.799. The summed E-state index contributed by atoms with van der Waals surface area (Å²) in [5.74, 6) is -0.578. The summed E-state index contributed by atoms with van der Waals surface area (Å²) in [6.45, 7) is 1.72. The number of aromatic nitrogens is 3. The number of nitrogens with zero attached hydrogens (tertiary/aromatic N) is 3. The summed E-state index contributed by atoms with van der Waals surface area (Å²) >= 11 is 0. The fourth-order valence-electron chi connectivity index (χ4n) is 1.60. The molecule has 0 aliphatic rings. The van der Waals surface area contributed by atoms with Crippen molar-refractivity contribution in [1.82, 2.24) is 14.8 Å². The molecule has 2 aromatic rings. The molecule has 0 bridgehead atoms. The van der Waals surface area contributed by atoms with Crippen molar-refractivity contribution in [2.45, 2.75) is 11.9 Å². The van der Waals surface area contributed by atoms with Gasteiger partial charge in [0, 0.05) is 6.20 Å². The van der Waals surface area contributed by atoms with Crippen LogP contribution in [0.15, 0.2) is 35.6 Å². The van der Waals surface area contributed by atoms with Crippen LogP contribution < -0.4 is 5.14 Å². The highest BCUT2D eigenvalue weighted by atomic mass is 32.2. The zero-order valence-corrected chi connectivity index (χ0v) is 11.4. The Bertz CT molecular complexity index is 724. The van der Waals surface area contributed by atoms with E-state index in [9.17, 15) is 13.2 Å². The van der Waals surface area contributed by atoms with Crippen LogP contribution in [-0.4, -0.2) is 35.8 Å². The van der Waals surface area contributed by atoms with E-state index >= 15 is 0 Å². The number of hydrogen-bond acceptors (Lipinski definition) is 6. The van der Waals surface area contributed by atoms with Crippen molar-refractivity contribution in [1.29, 1.82) is 0 Å². The normalized spacial score (nSPS) is 11.3. The van der Waals surface area contributed by atoms with Gasteiger partial charge >= 0.3 is 5.97 Å². The molecule has 0 fully saturated rings. The van der Waals surface area contributed by atoms with Crippen molar-refractivity contribution in [3.63, 3.8) is 0 Å². The molecule has 0 saturated carbocycles. The predicted octanol–water partition coefficient (Wildman–Crippen LogP) is 0.0914. The van der Waals surface area contributed by atoms with Crippen molar-refractivity contribution >= 4 is 16.0 Å². The molecule has 2 aromatic heterocycles. The summed E-state index contributed by atoms with van der Waals surface area (Å²) in [5.41, 5.74) is -0.222. The molecule has 8 nitrogen and oxygen atoms in total. The number of ether oxygens (including phenoxy) is 1. The molecule has 0 atom stereocenters. The predicted molar refractivity (Wildman–Crippen MR) is 68.7 cm³/mol. The minimum atomic E-state index is -4.17. The van der Waals surface area contributed by atoms with Crippen LogP contribution in [0.4, 0.5) is 0 Å². The number of carbonyl (C=O) groups excluding carboxylic acids is 1. The van der Waals surface area contributed by atoms with Gasteiger partial charge in [0.2, 0.25) is 0 Å². The van der Waals surface area contributed by atoms with Gasteiger partial charge in [-0.2, -0.15) is 5.10 Å². The molecule has 2 heterocycles. The molecule has 0 aliphatic carbocycles. The van der Waals surface area contributed by atoms with E-state index in [2.05, 4.69) is 10.1 Å². The number of nitrogens with two attached hydrogens (primary N) is 1. The van der Waals surface area contributed by atoms with E-state index in [1.54, 1.807) is 19.1 Å². The van der Waals surface area contributed by atoms with Gasteiger partial charge in [-0.15, -0.1) is 0 Å². The second-order valence-electron chi connectivity index (χ2n) is 3.73. The number of primary sulfonamides is 1. The second kappa shape index (κ2) is 5.39. The van der Waals surface area contributed by atoms with Gasteiger partial charge in [0.25, 0.3) is 10.0 Å². The van der Waals surface area contributed by atoms with Gasteiger partial charge in [0.05, 0.1) is 12.8 Å². The Kier molecular flexibility index (Phi) is 3.81. The van der Waals surface area contributed by atoms with E-state index in [4.69, 9.17) is 9.88 Å². The lowest BCUT2D eigenvalue weighted by Crippen LogP contribution is -2.21. The largest absolute Gasteiger partial charge is 0.462 e. The maximum Gasteiger partial charge on any atom is 0.342 e. The topological polar surface area (TPSA) is 117 Å². The van der Waals surface area contributed by atoms with Crippen LogP contribution in [0, 0.1) is 0 Å². The van der Waals surface area contributed by atoms with Crippen LogP contribution in [-0.2, 0) is 14.8 Å². The van der Waals surface area contributed by atoms with E-state index in [1.807, 2.05) is 0 Å². The fourth-order valence-corrected chi connectivity index (χ4v) is 2.43. The number of pyridine rings is 1. The van der Waals surface area contributed by atoms with E-state index < -0.39 is 21.0 Å². The SMILES string of the molecule is CCOC(=O)c1cnn(-c2ccccn2)c1S(N)(=O)=O. The summed E-state index contributed by atoms with van der Waals surface area (Å²) < 4.78 is 29.2. The lowest BCUT2D eigenvalue weighted by molar-refractivity contribution is 0.0521. The van der Waals surface area contributed by atoms with Crippen LogP contribution in [0.1, 0.15) is 17.3 Å². The first-order chi connectivity index (χ1) is 9.45. The van der Waals surface area contributed by atoms with Crippen LogP contribution in [0.25, 0.3) is 5.82 Å². The van der Waals surface area contributed by atoms with Crippen molar-refractivity contribution in [2.24, 2.45) is 5.14 Å². The first kappa shape index (κ1) is 14.2. The maximum absolute atomic E-state index is 11.7. The molecule has 2 rings (SSSR count). The molecule has 20 heavy (non-hydrogen) atoms. The summed E-state index contributed by atoms with van der Waals surface area (Å²) in [6, 6.07) is 4.85. The van der Waals surface area contributed by atoms with E-state index in [-0.39, 0.29) is 18.0 Å². The van der Waals surface area contributed by atoms with Crippen molar-refractivity contribution < 1.29 is 17.9 Å². The second-order valence-corrected chi connectivity index (χ2v) is 5.21. The lowest BCUT2D eigenvalue weighted by Gasteiger charge is -2.06. The van der Waals surface area contributed by atoms with Crippen LogP contribution in [0.2, 0.25) is 0 Å². The van der Waals surface area contributed by atoms with E-state index in [0.29, 0.717) is 0 Å². The number of hydrogen-bond donors (Lipinski definition) is 1. The van der Waals surface area contributed by atoms with Crippen LogP contribution in [0.3, 0.4) is 0 Å². The van der Waals surface area contributed by atoms with Gasteiger partial charge in [-0.3, -0.25) is 0 Å². The Morgan fingerprint density at radius 3 is 2.75 bits per heavy atom. The van der Waals surface area contributed by atoms with Gasteiger partial charge < -0.3 is 4.74 Å². The molecular weight excluding hydrogens is 284 g/mol. The molecule has 9 heteroatoms. The minimum Gasteiger partial charge on any atom is -0.462 e. The smallest absolute Gasteiger partial charge is 0.342 e. The Morgan fingerprint density at radius 2 is 2.20 bits per heavy atom. The fraction of sp³-hybridized carbons (Fsp3) is 0.182. The van der Waals surface area contributed by atoms with Gasteiger partial charge in [-0.25, -0.2) is 28.0 Å². The van der Waals surface area contributed by atoms with Gasteiger partial charge in [0.15, 0.2) is 10.8 Å². The highest BCUT2D eigenvalue weighted by Crippen LogP contribution is 2.18. The number of sulfonamides is 1. The monoisotopic (exact) mass is 296 g/mol. The zero-order valence-electron chi connectivity index (χ0n) is 10.6. The zero-order chi connectivity index (χ0) is 14.8. The van der Waals surface area contributed by atoms with Crippen molar-refractivity contribution in [2.75, 3.05) is 6.61 Å². The van der Waals surface area contributed by atoms with Crippen LogP contribution >= 0.6 is 0 Å². The maximum atomic E-state index is 11.7. The molecule has 0 saturated heterocycles. The number of esters is 1. The van der Waals surface area contributed by atoms with Gasteiger partial charge in [-0.1, -0.05) is 6.07 Å². The average Bonchev–Trinajstić information content (AvgIpc) is 2.84. The van der Waals surface area contributed by atoms with Gasteiger partial charge in [0.1, 0.15) is 5.56 Å². The Balaban J connectivity index is 2.64. The minimum absolute atomic E-state index is 0.109. The number of rotatable bonds is 4. The summed E-state index contributed by atoms with van der Waals surface area (Å²) in [6.07, 6.45) is 2.56. The molecule has 2 N–H and O–H groups in total. The highest BCUT2D eigenvalue weighted by molar-refractivity contribution is 7.89. The molecule has 0 aliphatic heterocycles. The van der Waals surface area contributed by atoms with Crippen molar-refractivity contribution in [3.8, 4) is 5.82 Å². The Hall–Kier alpha value is -2.26. The standard InChI is InChI=1S/C11H12N4O4S/c1-2-19-11(16)8-7-14-15(10(8)20(12,17)18)9-5-3-4-6-13-9/h3-7H,2H2,1H3,(H2,12,17,18).